The van der Waals surface area contributed by atoms with Crippen LogP contribution in [-0.4, -0.2) is 137 Å². The number of hydrogen-bond acceptors (Lipinski definition) is 17. The molecule has 0 spiro atoms. The largest absolute Gasteiger partial charge is 0.461 e. The topological polar surface area (TPSA) is 229 Å². The fourth-order valence-corrected chi connectivity index (χ4v) is 9.29. The fourth-order valence-electron chi connectivity index (χ4n) is 9.29. The Hall–Kier alpha value is -2.77. The molecule has 3 N–H and O–H groups in total. The van der Waals surface area contributed by atoms with Crippen LogP contribution in [0.3, 0.4) is 0 Å². The quantitative estimate of drug-likeness (QED) is 0.211. The fraction of sp³-hybridized carbons (Fsp3) is 0.884. The molecule has 0 radical (unpaired) electrons. The maximum absolute atomic E-state index is 14.6. The lowest BCUT2D eigenvalue weighted by molar-refractivity contribution is -0.313. The van der Waals surface area contributed by atoms with Gasteiger partial charge >= 0.3 is 23.9 Å². The number of methoxy groups -OCH3 is 1. The van der Waals surface area contributed by atoms with Gasteiger partial charge in [0.25, 0.3) is 0 Å². The van der Waals surface area contributed by atoms with Gasteiger partial charge in [0.1, 0.15) is 35.6 Å². The van der Waals surface area contributed by atoms with Crippen molar-refractivity contribution in [2.75, 3.05) is 7.11 Å². The first-order valence-electron chi connectivity index (χ1n) is 21.2. The van der Waals surface area contributed by atoms with Gasteiger partial charge in [-0.25, -0.2) is 0 Å². The first kappa shape index (κ1) is 51.6. The molecule has 17 nitrogen and oxygen atoms in total. The maximum Gasteiger partial charge on any atom is 0.311 e. The lowest BCUT2D eigenvalue weighted by Crippen LogP contribution is -2.59. The molecule has 3 saturated heterocycles. The van der Waals surface area contributed by atoms with Crippen LogP contribution in [0.1, 0.15) is 116 Å². The highest BCUT2D eigenvalue weighted by Gasteiger charge is 2.53. The Balaban J connectivity index is 2.26. The van der Waals surface area contributed by atoms with Gasteiger partial charge in [-0.05, 0) is 53.9 Å². The van der Waals surface area contributed by atoms with Gasteiger partial charge in [-0.1, -0.05) is 34.6 Å². The molecule has 0 bridgehead atoms. The average Bonchev–Trinajstić information content (AvgIpc) is 3.14. The number of aliphatic hydroxyl groups excluding tert-OH is 2. The highest BCUT2D eigenvalue weighted by atomic mass is 16.7. The van der Waals surface area contributed by atoms with E-state index < -0.39 is 150 Å². The molecule has 60 heavy (non-hydrogen) atoms. The summed E-state index contributed by atoms with van der Waals surface area (Å²) in [5.41, 5.74) is -3.14. The lowest BCUT2D eigenvalue weighted by atomic mass is 9.74. The summed E-state index contributed by atoms with van der Waals surface area (Å²) in [6.45, 7) is 21.7. The Kier molecular flexibility index (Phi) is 18.1. The molecule has 20 atom stereocenters. The molecule has 3 aliphatic rings. The second-order valence-corrected chi connectivity index (χ2v) is 18.1. The molecule has 0 saturated carbocycles. The molecule has 3 fully saturated rings. The standard InChI is InChI=1S/C43H72O17/c1-19-17-42(13,51)38(49)24(6)36(56-29(11)46)23(5)35(21(3)26(8)44)59-40(50)25(7)37(58-32-18-43(14,52-15)39(27(9)54-32)57-30(12)47)22(4)34(19)60-41-33(48)31(55-28(10)45)16-20(2)53-41/h19-27,31-37,39,41,44,48,51H,16-18H2,1-15H3/t19-,20+,21-,22+,23-,24+,25+,26-,27-,31-,32-,33+,34-,35+,36-,37?,39+,41-,42-,43+/m0/s1. The van der Waals surface area contributed by atoms with Crippen molar-refractivity contribution in [3.8, 4) is 0 Å². The van der Waals surface area contributed by atoms with E-state index in [1.807, 2.05) is 0 Å². The number of Topliss-reactive ketones (excluding diaryl/α,β-unsaturated/α-hetero) is 1. The first-order valence-corrected chi connectivity index (χ1v) is 21.2. The van der Waals surface area contributed by atoms with E-state index in [0.29, 0.717) is 0 Å². The molecule has 346 valence electrons. The minimum Gasteiger partial charge on any atom is -0.461 e. The monoisotopic (exact) mass is 860 g/mol. The normalized spacial score (nSPS) is 43.4. The smallest absolute Gasteiger partial charge is 0.311 e. The van der Waals surface area contributed by atoms with Gasteiger partial charge in [-0.15, -0.1) is 0 Å². The van der Waals surface area contributed by atoms with E-state index in [1.165, 1.54) is 48.7 Å². The lowest BCUT2D eigenvalue weighted by Gasteiger charge is -2.48. The number of cyclic esters (lactones) is 1. The van der Waals surface area contributed by atoms with Gasteiger partial charge in [0.15, 0.2) is 24.5 Å². The van der Waals surface area contributed by atoms with E-state index in [0.717, 1.165) is 0 Å². The summed E-state index contributed by atoms with van der Waals surface area (Å²) in [6.07, 6.45) is -12.4. The molecule has 3 rings (SSSR count). The molecular weight excluding hydrogens is 788 g/mol. The van der Waals surface area contributed by atoms with Crippen LogP contribution in [0.5, 0.6) is 0 Å². The highest BCUT2D eigenvalue weighted by Crippen LogP contribution is 2.41. The van der Waals surface area contributed by atoms with E-state index in [9.17, 15) is 39.3 Å². The summed E-state index contributed by atoms with van der Waals surface area (Å²) in [5.74, 6) is -8.59. The molecule has 0 aromatic carbocycles. The van der Waals surface area contributed by atoms with Crippen LogP contribution in [0.4, 0.5) is 0 Å². The summed E-state index contributed by atoms with van der Waals surface area (Å²) >= 11 is 0. The van der Waals surface area contributed by atoms with Crippen molar-refractivity contribution in [3.05, 3.63) is 0 Å². The van der Waals surface area contributed by atoms with Crippen molar-refractivity contribution in [2.45, 2.75) is 201 Å². The molecule has 0 aromatic heterocycles. The molecule has 0 aliphatic carbocycles. The van der Waals surface area contributed by atoms with Crippen LogP contribution in [0, 0.1) is 35.5 Å². The molecule has 17 heteroatoms. The van der Waals surface area contributed by atoms with Crippen LogP contribution in [0.15, 0.2) is 0 Å². The van der Waals surface area contributed by atoms with E-state index in [4.69, 9.17) is 42.6 Å². The highest BCUT2D eigenvalue weighted by molar-refractivity contribution is 5.89. The second-order valence-electron chi connectivity index (χ2n) is 18.1. The second kappa shape index (κ2) is 21.1. The summed E-state index contributed by atoms with van der Waals surface area (Å²) in [4.78, 5) is 65.6. The summed E-state index contributed by atoms with van der Waals surface area (Å²) in [5, 5.41) is 34.3. The third-order valence-corrected chi connectivity index (χ3v) is 12.7. The average molecular weight is 861 g/mol. The van der Waals surface area contributed by atoms with E-state index >= 15 is 0 Å². The number of ketones is 1. The van der Waals surface area contributed by atoms with Crippen LogP contribution in [0.25, 0.3) is 0 Å². The Morgan fingerprint density at radius 1 is 0.783 bits per heavy atom. The Labute approximate surface area is 354 Å². The van der Waals surface area contributed by atoms with Crippen LogP contribution < -0.4 is 0 Å². The summed E-state index contributed by atoms with van der Waals surface area (Å²) in [7, 11) is 1.47. The molecule has 0 amide bonds. The van der Waals surface area contributed by atoms with E-state index in [2.05, 4.69) is 0 Å². The summed E-state index contributed by atoms with van der Waals surface area (Å²) in [6, 6.07) is 0. The van der Waals surface area contributed by atoms with Crippen molar-refractivity contribution in [1.29, 1.82) is 0 Å². The number of ether oxygens (including phenoxy) is 9. The van der Waals surface area contributed by atoms with Crippen molar-refractivity contribution >= 4 is 29.7 Å². The maximum atomic E-state index is 14.6. The van der Waals surface area contributed by atoms with Gasteiger partial charge in [-0.2, -0.15) is 0 Å². The molecule has 1 unspecified atom stereocenters. The van der Waals surface area contributed by atoms with Crippen LogP contribution in [-0.2, 0) is 66.6 Å². The number of hydrogen-bond donors (Lipinski definition) is 3. The van der Waals surface area contributed by atoms with Gasteiger partial charge in [-0.3, -0.25) is 24.0 Å². The number of esters is 4. The molecule has 3 heterocycles. The predicted molar refractivity (Wildman–Crippen MR) is 213 cm³/mol. The zero-order valence-electron chi connectivity index (χ0n) is 38.1. The number of carbonyl (C=O) groups is 5. The molecule has 3 aliphatic heterocycles. The van der Waals surface area contributed by atoms with E-state index in [-0.39, 0.29) is 19.3 Å². The number of carbonyl (C=O) groups excluding carboxylic acids is 5. The van der Waals surface area contributed by atoms with Crippen molar-refractivity contribution in [3.63, 3.8) is 0 Å². The van der Waals surface area contributed by atoms with Crippen LogP contribution >= 0.6 is 0 Å². The third-order valence-electron chi connectivity index (χ3n) is 12.7. The Morgan fingerprint density at radius 3 is 1.90 bits per heavy atom. The molecular formula is C43H72O17. The SMILES string of the molecule is CO[C@]1(C)C[C@H](OC2[C@@H](C)C(=O)O[C@H]([C@@H](C)[C@H](C)O)[C@H](C)[C@H](OC(C)=O)[C@@H](C)C(=O)[C@@](C)(O)C[C@H](C)[C@H](O[C@@H]3O[C@H](C)C[C@H](OC(C)=O)[C@H]3O)[C@H]2C)O[C@@H](C)[C@H]1OC(C)=O. The minimum absolute atomic E-state index is 0.0494. The van der Waals surface area contributed by atoms with Crippen molar-refractivity contribution < 1.29 is 81.9 Å². The Morgan fingerprint density at radius 2 is 1.37 bits per heavy atom. The molecule has 0 aromatic rings. The number of rotatable bonds is 10. The minimum atomic E-state index is -2.04. The van der Waals surface area contributed by atoms with Crippen LogP contribution in [0.2, 0.25) is 0 Å². The van der Waals surface area contributed by atoms with Gasteiger partial charge in [0.2, 0.25) is 0 Å². The zero-order valence-corrected chi connectivity index (χ0v) is 38.1. The Bertz CT molecular complexity index is 1480. The van der Waals surface area contributed by atoms with Gasteiger partial charge < -0.3 is 58.0 Å². The van der Waals surface area contributed by atoms with Gasteiger partial charge in [0.05, 0.1) is 42.4 Å². The predicted octanol–water partition coefficient (Wildman–Crippen LogP) is 3.42. The third kappa shape index (κ3) is 12.4. The van der Waals surface area contributed by atoms with Crippen molar-refractivity contribution in [2.24, 2.45) is 35.5 Å². The van der Waals surface area contributed by atoms with E-state index in [1.54, 1.807) is 55.4 Å². The zero-order chi connectivity index (χ0) is 45.8. The summed E-state index contributed by atoms with van der Waals surface area (Å²) < 4.78 is 54.8. The first-order chi connectivity index (χ1) is 27.6. The number of aliphatic hydroxyl groups is 3. The van der Waals surface area contributed by atoms with Crippen molar-refractivity contribution in [1.82, 2.24) is 0 Å². The van der Waals surface area contributed by atoms with Gasteiger partial charge in [0, 0.05) is 58.5 Å².